The number of esters is 1. The van der Waals surface area contributed by atoms with Crippen LogP contribution in [0.2, 0.25) is 0 Å². The van der Waals surface area contributed by atoms with Gasteiger partial charge in [-0.3, -0.25) is 4.79 Å². The van der Waals surface area contributed by atoms with Gasteiger partial charge in [-0.25, -0.2) is 4.79 Å². The molecule has 23 heavy (non-hydrogen) atoms. The number of hydrogen-bond donors (Lipinski definition) is 2. The maximum absolute atomic E-state index is 13.1. The lowest BCUT2D eigenvalue weighted by Crippen LogP contribution is -2.62. The standard InChI is InChI=1S/C18H29NO4/c1-11(20)13(14(21)23-4)19-15(22)18-7-12-5-16(2,9-18)8-17(3,6-12)10-18/h11-13,20H,5-10H2,1-4H3,(H,19,22)/t11-,12?,13+,16-,17+,18?/m1/s1. The first-order valence-corrected chi connectivity index (χ1v) is 8.67. The van der Waals surface area contributed by atoms with E-state index < -0.39 is 18.1 Å². The molecule has 0 aromatic heterocycles. The molecular weight excluding hydrogens is 294 g/mol. The lowest BCUT2D eigenvalue weighted by Gasteiger charge is -2.64. The molecule has 4 bridgehead atoms. The number of aliphatic hydroxyl groups excluding tert-OH is 1. The number of carbonyl (C=O) groups is 2. The van der Waals surface area contributed by atoms with Crippen molar-refractivity contribution in [1.82, 2.24) is 5.32 Å². The molecule has 4 saturated carbocycles. The summed E-state index contributed by atoms with van der Waals surface area (Å²) in [5.74, 6) is -0.0546. The number of nitrogens with one attached hydrogen (secondary N) is 1. The topological polar surface area (TPSA) is 75.6 Å². The number of hydrogen-bond acceptors (Lipinski definition) is 4. The van der Waals surface area contributed by atoms with Crippen molar-refractivity contribution in [3.8, 4) is 0 Å². The van der Waals surface area contributed by atoms with Gasteiger partial charge in [-0.15, -0.1) is 0 Å². The van der Waals surface area contributed by atoms with Crippen LogP contribution in [0.25, 0.3) is 0 Å². The summed E-state index contributed by atoms with van der Waals surface area (Å²) in [6, 6.07) is -0.985. The molecule has 0 aliphatic heterocycles. The highest BCUT2D eigenvalue weighted by atomic mass is 16.5. The number of methoxy groups -OCH3 is 1. The zero-order chi connectivity index (χ0) is 17.0. The van der Waals surface area contributed by atoms with E-state index >= 15 is 0 Å². The largest absolute Gasteiger partial charge is 0.467 e. The number of rotatable bonds is 4. The Balaban J connectivity index is 1.83. The first kappa shape index (κ1) is 16.7. The molecule has 2 unspecified atom stereocenters. The summed E-state index contributed by atoms with van der Waals surface area (Å²) in [6.45, 7) is 6.12. The van der Waals surface area contributed by atoms with Gasteiger partial charge in [-0.2, -0.15) is 0 Å². The van der Waals surface area contributed by atoms with Gasteiger partial charge < -0.3 is 15.2 Å². The van der Waals surface area contributed by atoms with Gasteiger partial charge in [0.1, 0.15) is 0 Å². The van der Waals surface area contributed by atoms with Crippen LogP contribution in [0.15, 0.2) is 0 Å². The Morgan fingerprint density at radius 2 is 1.70 bits per heavy atom. The average Bonchev–Trinajstić information content (AvgIpc) is 2.39. The second-order valence-electron chi connectivity index (χ2n) is 9.13. The fourth-order valence-corrected chi connectivity index (χ4v) is 6.50. The Bertz CT molecular complexity index is 511. The molecule has 0 spiro atoms. The van der Waals surface area contributed by atoms with E-state index in [1.807, 2.05) is 0 Å². The molecule has 0 radical (unpaired) electrons. The Labute approximate surface area is 138 Å². The van der Waals surface area contributed by atoms with Crippen molar-refractivity contribution in [1.29, 1.82) is 0 Å². The Morgan fingerprint density at radius 1 is 1.13 bits per heavy atom. The minimum atomic E-state index is -0.985. The quantitative estimate of drug-likeness (QED) is 0.776. The summed E-state index contributed by atoms with van der Waals surface area (Å²) >= 11 is 0. The smallest absolute Gasteiger partial charge is 0.331 e. The third-order valence-electron chi connectivity index (χ3n) is 6.33. The SMILES string of the molecule is COC(=O)[C@@H](NC(=O)C12CC3C[C@@](C)(C1)C[C@](C)(C3)C2)[C@@H](C)O. The van der Waals surface area contributed by atoms with Crippen LogP contribution in [0.5, 0.6) is 0 Å². The van der Waals surface area contributed by atoms with Gasteiger partial charge in [-0.05, 0) is 62.2 Å². The maximum atomic E-state index is 13.1. The summed E-state index contributed by atoms with van der Waals surface area (Å²) < 4.78 is 4.72. The van der Waals surface area contributed by atoms with E-state index in [2.05, 4.69) is 19.2 Å². The van der Waals surface area contributed by atoms with Crippen molar-refractivity contribution in [2.24, 2.45) is 22.2 Å². The van der Waals surface area contributed by atoms with Crippen molar-refractivity contribution >= 4 is 11.9 Å². The van der Waals surface area contributed by atoms with E-state index in [1.54, 1.807) is 0 Å². The van der Waals surface area contributed by atoms with Crippen molar-refractivity contribution in [3.63, 3.8) is 0 Å². The molecule has 0 heterocycles. The Kier molecular flexibility index (Phi) is 3.79. The van der Waals surface area contributed by atoms with Crippen LogP contribution in [-0.4, -0.2) is 36.2 Å². The molecule has 6 atom stereocenters. The maximum Gasteiger partial charge on any atom is 0.331 e. The first-order valence-electron chi connectivity index (χ1n) is 8.67. The summed E-state index contributed by atoms with van der Waals surface area (Å²) in [5.41, 5.74) is 0.0816. The molecule has 4 aliphatic rings. The third-order valence-corrected chi connectivity index (χ3v) is 6.33. The van der Waals surface area contributed by atoms with Crippen molar-refractivity contribution in [2.75, 3.05) is 7.11 Å². The fraction of sp³-hybridized carbons (Fsp3) is 0.889. The van der Waals surface area contributed by atoms with E-state index in [9.17, 15) is 14.7 Å². The highest BCUT2D eigenvalue weighted by molar-refractivity contribution is 5.88. The van der Waals surface area contributed by atoms with Gasteiger partial charge in [0, 0.05) is 0 Å². The molecular formula is C18H29NO4. The van der Waals surface area contributed by atoms with E-state index in [0.29, 0.717) is 5.92 Å². The van der Waals surface area contributed by atoms with Crippen LogP contribution in [-0.2, 0) is 14.3 Å². The summed E-state index contributed by atoms with van der Waals surface area (Å²) in [4.78, 5) is 24.9. The van der Waals surface area contributed by atoms with Crippen LogP contribution < -0.4 is 5.32 Å². The fourth-order valence-electron chi connectivity index (χ4n) is 6.50. The molecule has 0 saturated heterocycles. The molecule has 0 aromatic rings. The monoisotopic (exact) mass is 323 g/mol. The van der Waals surface area contributed by atoms with Gasteiger partial charge in [-0.1, -0.05) is 13.8 Å². The van der Waals surface area contributed by atoms with Crippen LogP contribution in [0, 0.1) is 22.2 Å². The Hall–Kier alpha value is -1.10. The average molecular weight is 323 g/mol. The van der Waals surface area contributed by atoms with Gasteiger partial charge in [0.2, 0.25) is 5.91 Å². The third kappa shape index (κ3) is 2.77. The molecule has 0 aromatic carbocycles. The second kappa shape index (κ2) is 5.20. The van der Waals surface area contributed by atoms with Gasteiger partial charge in [0.25, 0.3) is 0 Å². The van der Waals surface area contributed by atoms with Gasteiger partial charge in [0.15, 0.2) is 6.04 Å². The zero-order valence-corrected chi connectivity index (χ0v) is 14.6. The molecule has 130 valence electrons. The number of ether oxygens (including phenoxy) is 1. The number of amides is 1. The Morgan fingerprint density at radius 3 is 2.13 bits per heavy atom. The normalized spacial score (nSPS) is 43.8. The minimum absolute atomic E-state index is 0.0737. The predicted molar refractivity (Wildman–Crippen MR) is 85.5 cm³/mol. The molecule has 4 rings (SSSR count). The lowest BCUT2D eigenvalue weighted by atomic mass is 9.40. The summed E-state index contributed by atoms with van der Waals surface area (Å²) in [6.07, 6.45) is 5.37. The minimum Gasteiger partial charge on any atom is -0.467 e. The molecule has 1 amide bonds. The van der Waals surface area contributed by atoms with Gasteiger partial charge >= 0.3 is 5.97 Å². The first-order chi connectivity index (χ1) is 10.6. The molecule has 4 aliphatic carbocycles. The van der Waals surface area contributed by atoms with Crippen LogP contribution in [0.4, 0.5) is 0 Å². The van der Waals surface area contributed by atoms with Crippen LogP contribution >= 0.6 is 0 Å². The molecule has 4 fully saturated rings. The number of carbonyl (C=O) groups excluding carboxylic acids is 2. The van der Waals surface area contributed by atoms with Crippen molar-refractivity contribution in [3.05, 3.63) is 0 Å². The lowest BCUT2D eigenvalue weighted by molar-refractivity contribution is -0.173. The predicted octanol–water partition coefficient (Wildman–Crippen LogP) is 2.02. The van der Waals surface area contributed by atoms with E-state index in [1.165, 1.54) is 33.3 Å². The van der Waals surface area contributed by atoms with Crippen LogP contribution in [0.1, 0.15) is 59.3 Å². The zero-order valence-electron chi connectivity index (χ0n) is 14.6. The summed E-state index contributed by atoms with van der Waals surface area (Å²) in [7, 11) is 1.27. The highest BCUT2D eigenvalue weighted by Gasteiger charge is 2.62. The molecule has 5 heteroatoms. The second-order valence-corrected chi connectivity index (χ2v) is 9.13. The summed E-state index contributed by atoms with van der Waals surface area (Å²) in [5, 5.41) is 12.6. The molecule has 5 nitrogen and oxygen atoms in total. The van der Waals surface area contributed by atoms with Crippen LogP contribution in [0.3, 0.4) is 0 Å². The van der Waals surface area contributed by atoms with Crippen molar-refractivity contribution < 1.29 is 19.4 Å². The van der Waals surface area contributed by atoms with E-state index in [-0.39, 0.29) is 22.2 Å². The van der Waals surface area contributed by atoms with Gasteiger partial charge in [0.05, 0.1) is 18.6 Å². The van der Waals surface area contributed by atoms with E-state index in [4.69, 9.17) is 4.74 Å². The highest BCUT2D eigenvalue weighted by Crippen LogP contribution is 2.69. The van der Waals surface area contributed by atoms with E-state index in [0.717, 1.165) is 19.3 Å². The molecule has 2 N–H and O–H groups in total. The van der Waals surface area contributed by atoms with Crippen molar-refractivity contribution in [2.45, 2.75) is 71.4 Å². The number of aliphatic hydroxyl groups is 1.